The molecule has 0 saturated heterocycles. The van der Waals surface area contributed by atoms with Crippen LogP contribution in [0.1, 0.15) is 11.4 Å². The number of rotatable bonds is 5. The Morgan fingerprint density at radius 1 is 1.69 bits per heavy atom. The molecule has 0 aromatic carbocycles. The molecule has 1 atom stereocenters. The Morgan fingerprint density at radius 3 is 2.75 bits per heavy atom. The molecule has 0 amide bonds. The molecule has 0 saturated carbocycles. The molecule has 0 aliphatic rings. The SMILES string of the molecule is COCC(N)C(=O)Cc1c(Br)c(C)nn1C. The lowest BCUT2D eigenvalue weighted by molar-refractivity contribution is -0.120. The van der Waals surface area contributed by atoms with E-state index in [-0.39, 0.29) is 18.8 Å². The Kier molecular flexibility index (Phi) is 4.64. The molecule has 6 heteroatoms. The van der Waals surface area contributed by atoms with Gasteiger partial charge in [0.15, 0.2) is 5.78 Å². The minimum Gasteiger partial charge on any atom is -0.383 e. The zero-order valence-corrected chi connectivity index (χ0v) is 11.2. The third-order valence-electron chi connectivity index (χ3n) is 2.36. The minimum absolute atomic E-state index is 0.0504. The van der Waals surface area contributed by atoms with Gasteiger partial charge in [0.25, 0.3) is 0 Å². The molecule has 90 valence electrons. The van der Waals surface area contributed by atoms with Gasteiger partial charge in [0.2, 0.25) is 0 Å². The summed E-state index contributed by atoms with van der Waals surface area (Å²) in [5.41, 5.74) is 7.37. The summed E-state index contributed by atoms with van der Waals surface area (Å²) in [5, 5.41) is 4.21. The predicted octanol–water partition coefficient (Wildman–Crippen LogP) is 0.576. The van der Waals surface area contributed by atoms with Gasteiger partial charge >= 0.3 is 0 Å². The third-order valence-corrected chi connectivity index (χ3v) is 3.39. The number of nitrogens with zero attached hydrogens (tertiary/aromatic N) is 2. The molecule has 1 heterocycles. The van der Waals surface area contributed by atoms with E-state index in [0.29, 0.717) is 0 Å². The van der Waals surface area contributed by atoms with E-state index in [4.69, 9.17) is 10.5 Å². The molecule has 0 bridgehead atoms. The highest BCUT2D eigenvalue weighted by atomic mass is 79.9. The summed E-state index contributed by atoms with van der Waals surface area (Å²) in [5.74, 6) is -0.0504. The number of methoxy groups -OCH3 is 1. The van der Waals surface area contributed by atoms with Gasteiger partial charge < -0.3 is 10.5 Å². The maximum atomic E-state index is 11.7. The van der Waals surface area contributed by atoms with Crippen LogP contribution >= 0.6 is 15.9 Å². The van der Waals surface area contributed by atoms with E-state index in [1.807, 2.05) is 14.0 Å². The van der Waals surface area contributed by atoms with Crippen LogP contribution in [-0.2, 0) is 23.0 Å². The number of Topliss-reactive ketones (excluding diaryl/α,β-unsaturated/α-hetero) is 1. The molecule has 1 rings (SSSR count). The third kappa shape index (κ3) is 2.90. The summed E-state index contributed by atoms with van der Waals surface area (Å²) in [6, 6.07) is -0.577. The number of ketones is 1. The van der Waals surface area contributed by atoms with Crippen molar-refractivity contribution in [3.63, 3.8) is 0 Å². The average Bonchev–Trinajstić information content (AvgIpc) is 2.45. The number of carbonyl (C=O) groups excluding carboxylic acids is 1. The largest absolute Gasteiger partial charge is 0.383 e. The fraction of sp³-hybridized carbons (Fsp3) is 0.600. The number of hydrogen-bond acceptors (Lipinski definition) is 4. The van der Waals surface area contributed by atoms with Gasteiger partial charge in [0.1, 0.15) is 0 Å². The summed E-state index contributed by atoms with van der Waals surface area (Å²) in [4.78, 5) is 11.7. The maximum absolute atomic E-state index is 11.7. The molecule has 1 unspecified atom stereocenters. The highest BCUT2D eigenvalue weighted by molar-refractivity contribution is 9.10. The fourth-order valence-corrected chi connectivity index (χ4v) is 1.92. The van der Waals surface area contributed by atoms with E-state index in [2.05, 4.69) is 21.0 Å². The topological polar surface area (TPSA) is 70.1 Å². The number of aryl methyl sites for hydroxylation is 2. The second-order valence-corrected chi connectivity index (χ2v) is 4.47. The summed E-state index contributed by atoms with van der Waals surface area (Å²) in [6.07, 6.45) is 0.266. The quantitative estimate of drug-likeness (QED) is 0.861. The Labute approximate surface area is 103 Å². The lowest BCUT2D eigenvalue weighted by Gasteiger charge is -2.09. The Morgan fingerprint density at radius 2 is 2.31 bits per heavy atom. The van der Waals surface area contributed by atoms with Crippen molar-refractivity contribution in [3.05, 3.63) is 15.9 Å². The molecule has 0 radical (unpaired) electrons. The van der Waals surface area contributed by atoms with Crippen molar-refractivity contribution in [2.24, 2.45) is 12.8 Å². The number of hydrogen-bond donors (Lipinski definition) is 1. The van der Waals surface area contributed by atoms with E-state index in [0.717, 1.165) is 15.9 Å². The molecule has 0 aliphatic carbocycles. The molecular formula is C10H16BrN3O2. The van der Waals surface area contributed by atoms with Crippen molar-refractivity contribution in [2.75, 3.05) is 13.7 Å². The van der Waals surface area contributed by atoms with Crippen LogP contribution in [0.25, 0.3) is 0 Å². The number of aromatic nitrogens is 2. The smallest absolute Gasteiger partial charge is 0.157 e. The van der Waals surface area contributed by atoms with Crippen LogP contribution in [0.5, 0.6) is 0 Å². The van der Waals surface area contributed by atoms with Gasteiger partial charge in [0.05, 0.1) is 34.9 Å². The van der Waals surface area contributed by atoms with Crippen LogP contribution in [0.3, 0.4) is 0 Å². The van der Waals surface area contributed by atoms with Gasteiger partial charge in [-0.05, 0) is 22.9 Å². The molecule has 16 heavy (non-hydrogen) atoms. The Balaban J connectivity index is 2.77. The first kappa shape index (κ1) is 13.3. The second kappa shape index (κ2) is 5.56. The van der Waals surface area contributed by atoms with E-state index < -0.39 is 6.04 Å². The normalized spacial score (nSPS) is 12.8. The number of nitrogens with two attached hydrogens (primary N) is 1. The van der Waals surface area contributed by atoms with Crippen molar-refractivity contribution in [2.45, 2.75) is 19.4 Å². The fourth-order valence-electron chi connectivity index (χ4n) is 1.44. The molecular weight excluding hydrogens is 274 g/mol. The van der Waals surface area contributed by atoms with Crippen molar-refractivity contribution in [3.8, 4) is 0 Å². The first-order valence-electron chi connectivity index (χ1n) is 4.92. The first-order chi connectivity index (χ1) is 7.47. The van der Waals surface area contributed by atoms with E-state index in [1.165, 1.54) is 7.11 Å². The molecule has 0 spiro atoms. The van der Waals surface area contributed by atoms with Gasteiger partial charge in [-0.2, -0.15) is 5.10 Å². The summed E-state index contributed by atoms with van der Waals surface area (Å²) in [6.45, 7) is 2.13. The highest BCUT2D eigenvalue weighted by Crippen LogP contribution is 2.20. The van der Waals surface area contributed by atoms with Crippen molar-refractivity contribution in [1.82, 2.24) is 9.78 Å². The van der Waals surface area contributed by atoms with Gasteiger partial charge in [-0.3, -0.25) is 9.48 Å². The Bertz CT molecular complexity index is 390. The van der Waals surface area contributed by atoms with E-state index >= 15 is 0 Å². The van der Waals surface area contributed by atoms with E-state index in [1.54, 1.807) is 4.68 Å². The molecule has 1 aromatic heterocycles. The predicted molar refractivity (Wildman–Crippen MR) is 64.2 cm³/mol. The van der Waals surface area contributed by atoms with Gasteiger partial charge in [-0.15, -0.1) is 0 Å². The standard InChI is InChI=1S/C10H16BrN3O2/c1-6-10(11)8(14(2)13-6)4-9(15)7(12)5-16-3/h7H,4-5,12H2,1-3H3. The maximum Gasteiger partial charge on any atom is 0.157 e. The summed E-state index contributed by atoms with van der Waals surface area (Å²) in [7, 11) is 3.33. The zero-order valence-electron chi connectivity index (χ0n) is 9.66. The average molecular weight is 290 g/mol. The first-order valence-corrected chi connectivity index (χ1v) is 5.71. The van der Waals surface area contributed by atoms with Gasteiger partial charge in [0, 0.05) is 14.2 Å². The van der Waals surface area contributed by atoms with Crippen LogP contribution in [0.15, 0.2) is 4.47 Å². The number of halogens is 1. The monoisotopic (exact) mass is 289 g/mol. The number of carbonyl (C=O) groups is 1. The molecule has 0 aliphatic heterocycles. The van der Waals surface area contributed by atoms with Gasteiger partial charge in [-0.25, -0.2) is 0 Å². The summed E-state index contributed by atoms with van der Waals surface area (Å²) >= 11 is 3.41. The lowest BCUT2D eigenvalue weighted by Crippen LogP contribution is -2.36. The minimum atomic E-state index is -0.577. The van der Waals surface area contributed by atoms with Crippen molar-refractivity contribution >= 4 is 21.7 Å². The van der Waals surface area contributed by atoms with Gasteiger partial charge in [-0.1, -0.05) is 0 Å². The lowest BCUT2D eigenvalue weighted by atomic mass is 10.1. The van der Waals surface area contributed by atoms with Crippen LogP contribution in [-0.4, -0.2) is 35.3 Å². The highest BCUT2D eigenvalue weighted by Gasteiger charge is 2.18. The van der Waals surface area contributed by atoms with E-state index in [9.17, 15) is 4.79 Å². The molecule has 5 nitrogen and oxygen atoms in total. The molecule has 0 fully saturated rings. The van der Waals surface area contributed by atoms with Crippen molar-refractivity contribution < 1.29 is 9.53 Å². The van der Waals surface area contributed by atoms with Crippen molar-refractivity contribution in [1.29, 1.82) is 0 Å². The van der Waals surface area contributed by atoms with Crippen LogP contribution in [0.4, 0.5) is 0 Å². The van der Waals surface area contributed by atoms with Crippen LogP contribution in [0.2, 0.25) is 0 Å². The summed E-state index contributed by atoms with van der Waals surface area (Å²) < 4.78 is 7.41. The van der Waals surface area contributed by atoms with Crippen LogP contribution < -0.4 is 5.73 Å². The Hall–Kier alpha value is -0.720. The molecule has 2 N–H and O–H groups in total. The second-order valence-electron chi connectivity index (χ2n) is 3.67. The number of ether oxygens (including phenoxy) is 1. The molecule has 1 aromatic rings. The zero-order chi connectivity index (χ0) is 12.3. The van der Waals surface area contributed by atoms with Crippen LogP contribution in [0, 0.1) is 6.92 Å².